The van der Waals surface area contributed by atoms with Crippen molar-refractivity contribution < 1.29 is 13.2 Å². The smallest absolute Gasteiger partial charge is 0.261 e. The van der Waals surface area contributed by atoms with Crippen molar-refractivity contribution in [3.63, 3.8) is 0 Å². The first kappa shape index (κ1) is 24.2. The Labute approximate surface area is 206 Å². The molecule has 6 nitrogen and oxygen atoms in total. The molecule has 0 fully saturated rings. The first-order valence-electron chi connectivity index (χ1n) is 11.3. The number of sulfonamides is 1. The molecule has 178 valence electrons. The molecule has 0 unspecified atom stereocenters. The predicted octanol–water partition coefficient (Wildman–Crippen LogP) is 5.47. The summed E-state index contributed by atoms with van der Waals surface area (Å²) in [6, 6.07) is 25.3. The zero-order valence-electron chi connectivity index (χ0n) is 19.4. The van der Waals surface area contributed by atoms with Gasteiger partial charge in [-0.15, -0.1) is 0 Å². The lowest BCUT2D eigenvalue weighted by molar-refractivity contribution is 0.0986. The van der Waals surface area contributed by atoms with Gasteiger partial charge in [0.2, 0.25) is 0 Å². The fourth-order valence-electron chi connectivity index (χ4n) is 3.60. The number of benzene rings is 3. The zero-order valence-corrected chi connectivity index (χ0v) is 20.3. The molecule has 0 amide bonds. The number of aryl methyl sites for hydroxylation is 1. The second kappa shape index (κ2) is 11.0. The summed E-state index contributed by atoms with van der Waals surface area (Å²) in [6.07, 6.45) is 4.75. The number of Topliss-reactive ketones (excluding diaryl/α,β-unsaturated/α-hetero) is 1. The molecule has 1 heterocycles. The summed E-state index contributed by atoms with van der Waals surface area (Å²) in [5.74, 6) is -0.0141. The van der Waals surface area contributed by atoms with Crippen LogP contribution in [0.25, 0.3) is 0 Å². The van der Waals surface area contributed by atoms with Crippen molar-refractivity contribution in [1.82, 2.24) is 4.98 Å². The molecule has 0 aliphatic carbocycles. The Morgan fingerprint density at radius 3 is 2.03 bits per heavy atom. The quantitative estimate of drug-likeness (QED) is 0.291. The van der Waals surface area contributed by atoms with E-state index in [0.717, 1.165) is 17.7 Å². The highest BCUT2D eigenvalue weighted by Crippen LogP contribution is 2.18. The summed E-state index contributed by atoms with van der Waals surface area (Å²) in [6.45, 7) is 2.40. The number of hydrogen-bond acceptors (Lipinski definition) is 5. The third kappa shape index (κ3) is 6.77. The van der Waals surface area contributed by atoms with Gasteiger partial charge in [-0.25, -0.2) is 8.42 Å². The van der Waals surface area contributed by atoms with Crippen LogP contribution in [0.2, 0.25) is 0 Å². The zero-order chi connectivity index (χ0) is 24.7. The summed E-state index contributed by atoms with van der Waals surface area (Å²) in [5.41, 5.74) is 5.30. The average molecular weight is 486 g/mol. The number of anilines is 2. The third-order valence-electron chi connectivity index (χ3n) is 5.58. The van der Waals surface area contributed by atoms with Crippen LogP contribution >= 0.6 is 0 Å². The number of nitrogens with one attached hydrogen (secondary N) is 2. The molecule has 0 bridgehead atoms. The van der Waals surface area contributed by atoms with Crippen LogP contribution < -0.4 is 10.0 Å². The van der Waals surface area contributed by atoms with E-state index in [-0.39, 0.29) is 10.7 Å². The lowest BCUT2D eigenvalue weighted by atomic mass is 10.1. The minimum Gasteiger partial charge on any atom is -0.385 e. The molecular formula is C28H27N3O3S. The first-order chi connectivity index (χ1) is 16.9. The summed E-state index contributed by atoms with van der Waals surface area (Å²) in [7, 11) is -3.68. The van der Waals surface area contributed by atoms with Crippen molar-refractivity contribution in [2.45, 2.75) is 24.7 Å². The van der Waals surface area contributed by atoms with Crippen LogP contribution in [0.5, 0.6) is 0 Å². The number of carbonyl (C=O) groups is 1. The number of hydrogen-bond donors (Lipinski definition) is 2. The van der Waals surface area contributed by atoms with Crippen molar-refractivity contribution in [1.29, 1.82) is 0 Å². The first-order valence-corrected chi connectivity index (χ1v) is 12.8. The molecule has 0 aliphatic rings. The minimum absolute atomic E-state index is 0.0141. The van der Waals surface area contributed by atoms with Gasteiger partial charge in [-0.3, -0.25) is 14.5 Å². The molecular weight excluding hydrogens is 458 g/mol. The Hall–Kier alpha value is -3.97. The standard InChI is InChI=1S/C28H27N3O3S/c1-21-2-12-27(13-3-21)35(33,34)31-26-10-6-24(7-11-26)28(32)16-19-30-25-8-4-22(5-9-25)20-23-14-17-29-18-15-23/h2-15,17-18,30-31H,16,19-20H2,1H3. The fraction of sp³-hybridized carbons (Fsp3) is 0.143. The molecule has 0 radical (unpaired) electrons. The van der Waals surface area contributed by atoms with E-state index >= 15 is 0 Å². The molecule has 1 aromatic heterocycles. The van der Waals surface area contributed by atoms with Crippen molar-refractivity contribution in [2.75, 3.05) is 16.6 Å². The summed E-state index contributed by atoms with van der Waals surface area (Å²) in [5, 5.41) is 3.28. The van der Waals surface area contributed by atoms with Gasteiger partial charge in [-0.1, -0.05) is 29.8 Å². The van der Waals surface area contributed by atoms with Crippen LogP contribution in [-0.4, -0.2) is 25.7 Å². The third-order valence-corrected chi connectivity index (χ3v) is 6.98. The summed E-state index contributed by atoms with van der Waals surface area (Å²) < 4.78 is 27.6. The van der Waals surface area contributed by atoms with E-state index in [4.69, 9.17) is 0 Å². The highest BCUT2D eigenvalue weighted by Gasteiger charge is 2.14. The van der Waals surface area contributed by atoms with E-state index in [1.165, 1.54) is 11.1 Å². The summed E-state index contributed by atoms with van der Waals surface area (Å²) in [4.78, 5) is 16.8. The van der Waals surface area contributed by atoms with E-state index in [2.05, 4.69) is 27.2 Å². The van der Waals surface area contributed by atoms with Gasteiger partial charge in [0, 0.05) is 42.3 Å². The molecule has 3 aromatic carbocycles. The van der Waals surface area contributed by atoms with Crippen molar-refractivity contribution >= 4 is 27.2 Å². The highest BCUT2D eigenvalue weighted by atomic mass is 32.2. The van der Waals surface area contributed by atoms with Crippen LogP contribution in [-0.2, 0) is 16.4 Å². The Morgan fingerprint density at radius 2 is 1.37 bits per heavy atom. The fourth-order valence-corrected chi connectivity index (χ4v) is 4.66. The molecule has 0 atom stereocenters. The minimum atomic E-state index is -3.68. The molecule has 4 aromatic rings. The lowest BCUT2D eigenvalue weighted by Crippen LogP contribution is -2.13. The topological polar surface area (TPSA) is 88.2 Å². The number of ketones is 1. The van der Waals surface area contributed by atoms with E-state index in [0.29, 0.717) is 24.2 Å². The van der Waals surface area contributed by atoms with E-state index in [1.54, 1.807) is 60.9 Å². The monoisotopic (exact) mass is 485 g/mol. The van der Waals surface area contributed by atoms with Crippen LogP contribution in [0.4, 0.5) is 11.4 Å². The molecule has 2 N–H and O–H groups in total. The van der Waals surface area contributed by atoms with E-state index < -0.39 is 10.0 Å². The Kier molecular flexibility index (Phi) is 7.57. The number of aromatic nitrogens is 1. The number of rotatable bonds is 10. The van der Waals surface area contributed by atoms with Crippen molar-refractivity contribution in [3.8, 4) is 0 Å². The van der Waals surface area contributed by atoms with Gasteiger partial charge >= 0.3 is 0 Å². The molecule has 0 saturated heterocycles. The average Bonchev–Trinajstić information content (AvgIpc) is 2.86. The van der Waals surface area contributed by atoms with Crippen molar-refractivity contribution in [3.05, 3.63) is 120 Å². The Morgan fingerprint density at radius 1 is 0.771 bits per heavy atom. The van der Waals surface area contributed by atoms with Gasteiger partial charge in [0.25, 0.3) is 10.0 Å². The van der Waals surface area contributed by atoms with Crippen LogP contribution in [0.15, 0.2) is 102 Å². The molecule has 35 heavy (non-hydrogen) atoms. The predicted molar refractivity (Wildman–Crippen MR) is 139 cm³/mol. The highest BCUT2D eigenvalue weighted by molar-refractivity contribution is 7.92. The SMILES string of the molecule is Cc1ccc(S(=O)(=O)Nc2ccc(C(=O)CCNc3ccc(Cc4ccncc4)cc3)cc2)cc1. The number of carbonyl (C=O) groups excluding carboxylic acids is 1. The van der Waals surface area contributed by atoms with Gasteiger partial charge in [-0.2, -0.15) is 0 Å². The normalized spacial score (nSPS) is 11.1. The Balaban J connectivity index is 1.26. The maximum Gasteiger partial charge on any atom is 0.261 e. The van der Waals surface area contributed by atoms with Gasteiger partial charge in [0.1, 0.15) is 0 Å². The van der Waals surface area contributed by atoms with E-state index in [1.807, 2.05) is 31.2 Å². The molecule has 0 aliphatic heterocycles. The molecule has 0 saturated carbocycles. The Bertz CT molecular complexity index is 1370. The van der Waals surface area contributed by atoms with Crippen LogP contribution in [0, 0.1) is 6.92 Å². The maximum absolute atomic E-state index is 12.6. The lowest BCUT2D eigenvalue weighted by Gasteiger charge is -2.10. The van der Waals surface area contributed by atoms with Crippen LogP contribution in [0.3, 0.4) is 0 Å². The second-order valence-electron chi connectivity index (χ2n) is 8.33. The van der Waals surface area contributed by atoms with E-state index in [9.17, 15) is 13.2 Å². The van der Waals surface area contributed by atoms with Crippen molar-refractivity contribution in [2.24, 2.45) is 0 Å². The van der Waals surface area contributed by atoms with Crippen LogP contribution in [0.1, 0.15) is 33.5 Å². The van der Waals surface area contributed by atoms with Gasteiger partial charge < -0.3 is 5.32 Å². The maximum atomic E-state index is 12.6. The molecule has 4 rings (SSSR count). The summed E-state index contributed by atoms with van der Waals surface area (Å²) >= 11 is 0. The largest absolute Gasteiger partial charge is 0.385 e. The van der Waals surface area contributed by atoms with Gasteiger partial charge in [-0.05, 0) is 85.1 Å². The second-order valence-corrected chi connectivity index (χ2v) is 10.0. The molecule has 0 spiro atoms. The van der Waals surface area contributed by atoms with Gasteiger partial charge in [0.05, 0.1) is 4.90 Å². The number of pyridine rings is 1. The van der Waals surface area contributed by atoms with Gasteiger partial charge in [0.15, 0.2) is 5.78 Å². The number of nitrogens with zero attached hydrogens (tertiary/aromatic N) is 1. The molecule has 7 heteroatoms.